The number of aryl methyl sites for hydroxylation is 1. The average molecular weight is 531 g/mol. The van der Waals surface area contributed by atoms with Gasteiger partial charge in [0.05, 0.1) is 22.7 Å². The number of hydrogen-bond acceptors (Lipinski definition) is 4. The van der Waals surface area contributed by atoms with Crippen molar-refractivity contribution in [3.8, 4) is 0 Å². The van der Waals surface area contributed by atoms with Crippen LogP contribution >= 0.6 is 11.3 Å². The van der Waals surface area contributed by atoms with Gasteiger partial charge in [0, 0.05) is 23.5 Å². The zero-order valence-electron chi connectivity index (χ0n) is 21.7. The Morgan fingerprint density at radius 1 is 1.11 bits per heavy atom. The van der Waals surface area contributed by atoms with Crippen LogP contribution in [0, 0.1) is 0 Å². The van der Waals surface area contributed by atoms with E-state index in [1.165, 1.54) is 28.4 Å². The van der Waals surface area contributed by atoms with Crippen LogP contribution in [-0.2, 0) is 17.0 Å². The van der Waals surface area contributed by atoms with Crippen molar-refractivity contribution in [2.45, 2.75) is 96.4 Å². The molecule has 2 aromatic rings. The molecule has 0 fully saturated rings. The SMILES string of the molecule is CC(C)(C)N(C(=O)O)[C@H](CCc1nccs1)[C@@H](O[Si](C)(C)C(C)(C)C)c1ccc(C(F)(F)F)cc1. The fourth-order valence-electron chi connectivity index (χ4n) is 3.71. The van der Waals surface area contributed by atoms with E-state index < -0.39 is 43.8 Å². The van der Waals surface area contributed by atoms with Gasteiger partial charge in [-0.05, 0) is 63.0 Å². The van der Waals surface area contributed by atoms with E-state index in [1.54, 1.807) is 6.20 Å². The lowest BCUT2D eigenvalue weighted by molar-refractivity contribution is -0.137. The lowest BCUT2D eigenvalue weighted by Crippen LogP contribution is -2.55. The minimum Gasteiger partial charge on any atom is -0.465 e. The molecule has 1 amide bonds. The van der Waals surface area contributed by atoms with Gasteiger partial charge in [0.2, 0.25) is 0 Å². The van der Waals surface area contributed by atoms with Crippen LogP contribution < -0.4 is 0 Å². The highest BCUT2D eigenvalue weighted by Crippen LogP contribution is 2.43. The van der Waals surface area contributed by atoms with Gasteiger partial charge in [0.15, 0.2) is 8.32 Å². The third kappa shape index (κ3) is 7.53. The molecule has 0 unspecified atom stereocenters. The van der Waals surface area contributed by atoms with Gasteiger partial charge in [-0.15, -0.1) is 11.3 Å². The van der Waals surface area contributed by atoms with Gasteiger partial charge in [0.25, 0.3) is 0 Å². The fourth-order valence-corrected chi connectivity index (χ4v) is 5.63. The van der Waals surface area contributed by atoms with Crippen molar-refractivity contribution in [2.75, 3.05) is 0 Å². The number of halogens is 3. The number of carboxylic acid groups (broad SMARTS) is 1. The van der Waals surface area contributed by atoms with Crippen molar-refractivity contribution in [2.24, 2.45) is 0 Å². The zero-order chi connectivity index (χ0) is 26.8. The fraction of sp³-hybridized carbons (Fsp3) is 0.600. The highest BCUT2D eigenvalue weighted by atomic mass is 32.1. The molecule has 2 atom stereocenters. The van der Waals surface area contributed by atoms with Crippen LogP contribution in [0.1, 0.15) is 70.2 Å². The Morgan fingerprint density at radius 2 is 1.69 bits per heavy atom. The zero-order valence-corrected chi connectivity index (χ0v) is 23.5. The largest absolute Gasteiger partial charge is 0.465 e. The molecule has 0 spiro atoms. The van der Waals surface area contributed by atoms with Crippen molar-refractivity contribution in [3.63, 3.8) is 0 Å². The lowest BCUT2D eigenvalue weighted by atomic mass is 9.92. The average Bonchev–Trinajstić information content (AvgIpc) is 3.20. The molecule has 0 aliphatic carbocycles. The Morgan fingerprint density at radius 3 is 2.09 bits per heavy atom. The molecule has 196 valence electrons. The van der Waals surface area contributed by atoms with Gasteiger partial charge < -0.3 is 9.53 Å². The van der Waals surface area contributed by atoms with Gasteiger partial charge in [-0.25, -0.2) is 9.78 Å². The molecule has 35 heavy (non-hydrogen) atoms. The molecule has 1 heterocycles. The number of alkyl halides is 3. The summed E-state index contributed by atoms with van der Waals surface area (Å²) in [4.78, 5) is 18.3. The predicted octanol–water partition coefficient (Wildman–Crippen LogP) is 8.00. The molecular weight excluding hydrogens is 493 g/mol. The third-order valence-corrected chi connectivity index (χ3v) is 11.8. The minimum atomic E-state index is -4.46. The summed E-state index contributed by atoms with van der Waals surface area (Å²) in [6.07, 6.45) is -3.66. The van der Waals surface area contributed by atoms with Crippen molar-refractivity contribution >= 4 is 25.7 Å². The summed E-state index contributed by atoms with van der Waals surface area (Å²) < 4.78 is 46.6. The number of rotatable bonds is 8. The van der Waals surface area contributed by atoms with Crippen LogP contribution in [0.15, 0.2) is 35.8 Å². The smallest absolute Gasteiger partial charge is 0.416 e. The minimum absolute atomic E-state index is 0.188. The molecule has 1 aromatic heterocycles. The van der Waals surface area contributed by atoms with Crippen LogP contribution in [0.4, 0.5) is 18.0 Å². The summed E-state index contributed by atoms with van der Waals surface area (Å²) in [5.74, 6) is 0. The van der Waals surface area contributed by atoms with Gasteiger partial charge in [-0.3, -0.25) is 4.90 Å². The van der Waals surface area contributed by atoms with E-state index in [4.69, 9.17) is 4.43 Å². The van der Waals surface area contributed by atoms with Crippen LogP contribution in [0.2, 0.25) is 18.1 Å². The molecule has 0 radical (unpaired) electrons. The van der Waals surface area contributed by atoms with E-state index in [1.807, 2.05) is 26.2 Å². The van der Waals surface area contributed by atoms with E-state index in [0.717, 1.165) is 17.1 Å². The number of amides is 1. The standard InChI is InChI=1S/C25H37F3N2O3SSi/c1-23(2,3)30(22(31)32)19(13-14-20-29-15-16-34-20)21(33-35(7,8)24(4,5)6)17-9-11-18(12-10-17)25(26,27)28/h9-12,15-16,19,21H,13-14H2,1-8H3,(H,31,32)/t19-,21+/m1/s1. The Bertz CT molecular complexity index is 966. The van der Waals surface area contributed by atoms with E-state index >= 15 is 0 Å². The second-order valence-corrected chi connectivity index (χ2v) is 17.0. The van der Waals surface area contributed by atoms with Crippen LogP contribution in [0.5, 0.6) is 0 Å². The van der Waals surface area contributed by atoms with Crippen molar-refractivity contribution in [1.82, 2.24) is 9.88 Å². The van der Waals surface area contributed by atoms with E-state index in [-0.39, 0.29) is 5.04 Å². The van der Waals surface area contributed by atoms with Gasteiger partial charge in [-0.2, -0.15) is 13.2 Å². The van der Waals surface area contributed by atoms with E-state index in [2.05, 4.69) is 38.8 Å². The number of nitrogens with zero attached hydrogens (tertiary/aromatic N) is 2. The quantitative estimate of drug-likeness (QED) is 0.351. The van der Waals surface area contributed by atoms with Crippen LogP contribution in [0.3, 0.4) is 0 Å². The maximum atomic E-state index is 13.3. The molecule has 2 rings (SSSR count). The summed E-state index contributed by atoms with van der Waals surface area (Å²) in [5.41, 5.74) is -0.986. The number of carbonyl (C=O) groups is 1. The summed E-state index contributed by atoms with van der Waals surface area (Å²) in [5, 5.41) is 12.8. The van der Waals surface area contributed by atoms with Gasteiger partial charge in [0.1, 0.15) is 0 Å². The molecule has 0 aliphatic heterocycles. The third-order valence-electron chi connectivity index (χ3n) is 6.54. The Hall–Kier alpha value is -1.91. The molecule has 5 nitrogen and oxygen atoms in total. The normalized spacial score (nSPS) is 15.1. The molecule has 10 heteroatoms. The van der Waals surface area contributed by atoms with Gasteiger partial charge >= 0.3 is 12.3 Å². The highest BCUT2D eigenvalue weighted by Gasteiger charge is 2.45. The van der Waals surface area contributed by atoms with E-state index in [0.29, 0.717) is 18.4 Å². The first kappa shape index (κ1) is 29.3. The molecular formula is C25H37F3N2O3SSi. The first-order chi connectivity index (χ1) is 15.8. The second kappa shape index (κ2) is 10.6. The van der Waals surface area contributed by atoms with Crippen LogP contribution in [0.25, 0.3) is 0 Å². The Kier molecular flexibility index (Phi) is 8.88. The Balaban J connectivity index is 2.65. The summed E-state index contributed by atoms with van der Waals surface area (Å²) in [7, 11) is -2.45. The maximum absolute atomic E-state index is 13.3. The topological polar surface area (TPSA) is 62.7 Å². The molecule has 1 N–H and O–H groups in total. The first-order valence-electron chi connectivity index (χ1n) is 11.6. The second-order valence-electron chi connectivity index (χ2n) is 11.3. The molecule has 0 bridgehead atoms. The number of aromatic nitrogens is 1. The molecule has 1 aromatic carbocycles. The Labute approximate surface area is 211 Å². The van der Waals surface area contributed by atoms with Crippen molar-refractivity contribution in [1.29, 1.82) is 0 Å². The number of hydrogen-bond donors (Lipinski definition) is 1. The van der Waals surface area contributed by atoms with Gasteiger partial charge in [-0.1, -0.05) is 32.9 Å². The maximum Gasteiger partial charge on any atom is 0.416 e. The first-order valence-corrected chi connectivity index (χ1v) is 15.4. The van der Waals surface area contributed by atoms with Crippen LogP contribution in [-0.4, -0.2) is 41.0 Å². The summed E-state index contributed by atoms with van der Waals surface area (Å²) in [6.45, 7) is 15.8. The van der Waals surface area contributed by atoms with E-state index in [9.17, 15) is 23.1 Å². The highest BCUT2D eigenvalue weighted by molar-refractivity contribution is 7.09. The monoisotopic (exact) mass is 530 g/mol. The summed E-state index contributed by atoms with van der Waals surface area (Å²) >= 11 is 1.49. The molecule has 0 aliphatic rings. The number of benzene rings is 1. The molecule has 0 saturated heterocycles. The lowest BCUT2D eigenvalue weighted by Gasteiger charge is -2.47. The molecule has 0 saturated carbocycles. The predicted molar refractivity (Wildman–Crippen MR) is 136 cm³/mol. The number of thiazole rings is 1. The van der Waals surface area contributed by atoms with Crippen molar-refractivity contribution < 1.29 is 27.5 Å². The van der Waals surface area contributed by atoms with Crippen molar-refractivity contribution in [3.05, 3.63) is 52.0 Å². The summed E-state index contributed by atoms with van der Waals surface area (Å²) in [6, 6.07) is 4.27.